The zero-order valence-corrected chi connectivity index (χ0v) is 16.8. The molecule has 0 radical (unpaired) electrons. The summed E-state index contributed by atoms with van der Waals surface area (Å²) in [6.45, 7) is 2.24. The van der Waals surface area contributed by atoms with Crippen molar-refractivity contribution in [2.75, 3.05) is 0 Å². The number of halogens is 2. The van der Waals surface area contributed by atoms with E-state index in [1.54, 1.807) is 4.57 Å². The van der Waals surface area contributed by atoms with Crippen molar-refractivity contribution in [1.29, 1.82) is 0 Å². The Kier molecular flexibility index (Phi) is 4.99. The third-order valence-electron chi connectivity index (χ3n) is 4.90. The Bertz CT molecular complexity index is 1410. The fourth-order valence-corrected chi connectivity index (χ4v) is 4.66. The van der Waals surface area contributed by atoms with Crippen LogP contribution in [-0.4, -0.2) is 13.0 Å². The maximum absolute atomic E-state index is 13.9. The van der Waals surface area contributed by atoms with Crippen LogP contribution >= 0.6 is 0 Å². The number of fused-ring (bicyclic) bond motifs is 1. The number of aryl methyl sites for hydroxylation is 1. The lowest BCUT2D eigenvalue weighted by molar-refractivity contribution is 0.592. The standard InChI is InChI=1S/C23H17F2NO3S/c1-15-2-4-16(5-3-15)13-26-14-22(23(27)20-12-18(25)8-11-21(20)26)30(28,29)19-9-6-17(24)7-10-19/h2-12,14H,13H2,1H3. The Morgan fingerprint density at radius 2 is 1.50 bits per heavy atom. The highest BCUT2D eigenvalue weighted by molar-refractivity contribution is 7.91. The van der Waals surface area contributed by atoms with E-state index in [0.717, 1.165) is 41.5 Å². The molecule has 4 nitrogen and oxygen atoms in total. The Morgan fingerprint density at radius 3 is 2.17 bits per heavy atom. The number of aromatic nitrogens is 1. The molecule has 0 aliphatic carbocycles. The highest BCUT2D eigenvalue weighted by Gasteiger charge is 2.24. The molecule has 4 rings (SSSR count). The van der Waals surface area contributed by atoms with E-state index in [1.807, 2.05) is 31.2 Å². The van der Waals surface area contributed by atoms with Gasteiger partial charge in [-0.05, 0) is 55.0 Å². The molecule has 0 aliphatic rings. The van der Waals surface area contributed by atoms with Gasteiger partial charge in [0.25, 0.3) is 0 Å². The van der Waals surface area contributed by atoms with Gasteiger partial charge in [0.1, 0.15) is 16.5 Å². The summed E-state index contributed by atoms with van der Waals surface area (Å²) in [5.41, 5.74) is 1.58. The molecule has 30 heavy (non-hydrogen) atoms. The molecule has 4 aromatic rings. The maximum Gasteiger partial charge on any atom is 0.211 e. The number of pyridine rings is 1. The van der Waals surface area contributed by atoms with Gasteiger partial charge in [-0.15, -0.1) is 0 Å². The van der Waals surface area contributed by atoms with Crippen molar-refractivity contribution in [3.05, 3.63) is 106 Å². The average molecular weight is 425 g/mol. The number of rotatable bonds is 4. The van der Waals surface area contributed by atoms with Gasteiger partial charge < -0.3 is 4.57 Å². The average Bonchev–Trinajstić information content (AvgIpc) is 2.72. The molecule has 0 bridgehead atoms. The third-order valence-corrected chi connectivity index (χ3v) is 6.66. The molecule has 1 heterocycles. The lowest BCUT2D eigenvalue weighted by Gasteiger charge is -2.14. The summed E-state index contributed by atoms with van der Waals surface area (Å²) in [5, 5.41) is -0.0368. The molecular weight excluding hydrogens is 408 g/mol. The van der Waals surface area contributed by atoms with Gasteiger partial charge in [-0.3, -0.25) is 4.79 Å². The lowest BCUT2D eigenvalue weighted by Crippen LogP contribution is -2.20. The molecule has 0 spiro atoms. The van der Waals surface area contributed by atoms with Crippen molar-refractivity contribution in [3.8, 4) is 0 Å². The van der Waals surface area contributed by atoms with Crippen LogP contribution in [0, 0.1) is 18.6 Å². The van der Waals surface area contributed by atoms with Gasteiger partial charge in [0.15, 0.2) is 0 Å². The Hall–Kier alpha value is -3.32. The molecule has 7 heteroatoms. The maximum atomic E-state index is 13.9. The molecule has 0 atom stereocenters. The van der Waals surface area contributed by atoms with Gasteiger partial charge in [0, 0.05) is 18.1 Å². The van der Waals surface area contributed by atoms with E-state index in [9.17, 15) is 22.0 Å². The molecule has 0 amide bonds. The minimum absolute atomic E-state index is 0.0368. The fraction of sp³-hybridized carbons (Fsp3) is 0.0870. The molecule has 1 aromatic heterocycles. The largest absolute Gasteiger partial charge is 0.341 e. The van der Waals surface area contributed by atoms with Crippen LogP contribution in [0.15, 0.2) is 87.5 Å². The first-order valence-electron chi connectivity index (χ1n) is 9.14. The highest BCUT2D eigenvalue weighted by atomic mass is 32.2. The Morgan fingerprint density at radius 1 is 0.867 bits per heavy atom. The van der Waals surface area contributed by atoms with Crippen molar-refractivity contribution in [2.45, 2.75) is 23.3 Å². The molecule has 0 aliphatic heterocycles. The quantitative estimate of drug-likeness (QED) is 0.454. The summed E-state index contributed by atoms with van der Waals surface area (Å²) in [5.74, 6) is -1.23. The normalized spacial score (nSPS) is 11.7. The van der Waals surface area contributed by atoms with E-state index in [2.05, 4.69) is 0 Å². The second-order valence-corrected chi connectivity index (χ2v) is 8.97. The number of nitrogens with zero attached hydrogens (tertiary/aromatic N) is 1. The van der Waals surface area contributed by atoms with Gasteiger partial charge in [0.2, 0.25) is 15.3 Å². The van der Waals surface area contributed by atoms with Crippen LogP contribution in [-0.2, 0) is 16.4 Å². The molecule has 3 aromatic carbocycles. The Labute approximate surface area is 172 Å². The minimum Gasteiger partial charge on any atom is -0.341 e. The van der Waals surface area contributed by atoms with Gasteiger partial charge >= 0.3 is 0 Å². The number of sulfone groups is 1. The zero-order valence-electron chi connectivity index (χ0n) is 16.0. The van der Waals surface area contributed by atoms with Crippen LogP contribution in [0.25, 0.3) is 10.9 Å². The molecular formula is C23H17F2NO3S. The van der Waals surface area contributed by atoms with Crippen molar-refractivity contribution in [3.63, 3.8) is 0 Å². The van der Waals surface area contributed by atoms with E-state index in [4.69, 9.17) is 0 Å². The molecule has 0 N–H and O–H groups in total. The van der Waals surface area contributed by atoms with Crippen LogP contribution in [0.5, 0.6) is 0 Å². The van der Waals surface area contributed by atoms with Crippen molar-refractivity contribution >= 4 is 20.7 Å². The van der Waals surface area contributed by atoms with Crippen molar-refractivity contribution in [1.82, 2.24) is 4.57 Å². The molecule has 0 unspecified atom stereocenters. The monoisotopic (exact) mass is 425 g/mol. The first-order valence-corrected chi connectivity index (χ1v) is 10.6. The Balaban J connectivity index is 1.96. The summed E-state index contributed by atoms with van der Waals surface area (Å²) in [4.78, 5) is 12.3. The SMILES string of the molecule is Cc1ccc(Cn2cc(S(=O)(=O)c3ccc(F)cc3)c(=O)c3cc(F)ccc32)cc1. The first kappa shape index (κ1) is 20.0. The van der Waals surface area contributed by atoms with Crippen LogP contribution in [0.4, 0.5) is 8.78 Å². The number of hydrogen-bond donors (Lipinski definition) is 0. The molecule has 0 saturated carbocycles. The second kappa shape index (κ2) is 7.50. The van der Waals surface area contributed by atoms with Crippen LogP contribution < -0.4 is 5.43 Å². The summed E-state index contributed by atoms with van der Waals surface area (Å²) in [7, 11) is -4.23. The smallest absolute Gasteiger partial charge is 0.211 e. The van der Waals surface area contributed by atoms with E-state index in [0.29, 0.717) is 5.52 Å². The fourth-order valence-electron chi connectivity index (χ4n) is 3.30. The second-order valence-electron chi connectivity index (χ2n) is 7.05. The van der Waals surface area contributed by atoms with Crippen molar-refractivity contribution < 1.29 is 17.2 Å². The van der Waals surface area contributed by atoms with Crippen LogP contribution in [0.2, 0.25) is 0 Å². The summed E-state index contributed by atoms with van der Waals surface area (Å²) < 4.78 is 55.0. The van der Waals surface area contributed by atoms with Gasteiger partial charge in [0.05, 0.1) is 10.4 Å². The molecule has 152 valence electrons. The first-order chi connectivity index (χ1) is 14.3. The van der Waals surface area contributed by atoms with Crippen LogP contribution in [0.1, 0.15) is 11.1 Å². The van der Waals surface area contributed by atoms with E-state index < -0.39 is 31.8 Å². The highest BCUT2D eigenvalue weighted by Crippen LogP contribution is 2.23. The lowest BCUT2D eigenvalue weighted by atomic mass is 10.1. The predicted octanol–water partition coefficient (Wildman–Crippen LogP) is 4.47. The van der Waals surface area contributed by atoms with Crippen molar-refractivity contribution in [2.24, 2.45) is 0 Å². The number of benzene rings is 3. The van der Waals surface area contributed by atoms with Gasteiger partial charge in [-0.1, -0.05) is 29.8 Å². The number of hydrogen-bond acceptors (Lipinski definition) is 3. The predicted molar refractivity (Wildman–Crippen MR) is 110 cm³/mol. The zero-order chi connectivity index (χ0) is 21.5. The van der Waals surface area contributed by atoms with Gasteiger partial charge in [-0.2, -0.15) is 0 Å². The summed E-state index contributed by atoms with van der Waals surface area (Å²) >= 11 is 0. The molecule has 0 saturated heterocycles. The van der Waals surface area contributed by atoms with E-state index in [-0.39, 0.29) is 16.8 Å². The van der Waals surface area contributed by atoms with E-state index >= 15 is 0 Å². The summed E-state index contributed by atoms with van der Waals surface area (Å²) in [6, 6.07) is 15.6. The van der Waals surface area contributed by atoms with Crippen LogP contribution in [0.3, 0.4) is 0 Å². The molecule has 0 fully saturated rings. The van der Waals surface area contributed by atoms with Gasteiger partial charge in [-0.25, -0.2) is 17.2 Å². The summed E-state index contributed by atoms with van der Waals surface area (Å²) in [6.07, 6.45) is 1.26. The third kappa shape index (κ3) is 3.64. The topological polar surface area (TPSA) is 56.1 Å². The minimum atomic E-state index is -4.23. The van der Waals surface area contributed by atoms with E-state index in [1.165, 1.54) is 18.3 Å².